The Morgan fingerprint density at radius 3 is 2.56 bits per heavy atom. The lowest BCUT2D eigenvalue weighted by Gasteiger charge is -2.36. The average molecular weight is 364 g/mol. The van der Waals surface area contributed by atoms with E-state index in [0.29, 0.717) is 18.2 Å². The van der Waals surface area contributed by atoms with Crippen LogP contribution in [0.2, 0.25) is 0 Å². The third-order valence-electron chi connectivity index (χ3n) is 5.47. The largest absolute Gasteiger partial charge is 0.497 e. The number of nitriles is 1. The number of carboxylic acid groups (broad SMARTS) is 1. The summed E-state index contributed by atoms with van der Waals surface area (Å²) in [7, 11) is 1.64. The maximum atomic E-state index is 10.9. The van der Waals surface area contributed by atoms with E-state index in [1.807, 2.05) is 36.4 Å². The third kappa shape index (κ3) is 4.29. The highest BCUT2D eigenvalue weighted by Gasteiger charge is 2.37. The van der Waals surface area contributed by atoms with Crippen molar-refractivity contribution in [2.75, 3.05) is 7.11 Å². The molecule has 5 nitrogen and oxygen atoms in total. The minimum absolute atomic E-state index is 0.300. The second-order valence-corrected chi connectivity index (χ2v) is 7.08. The molecule has 27 heavy (non-hydrogen) atoms. The van der Waals surface area contributed by atoms with E-state index in [-0.39, 0.29) is 0 Å². The van der Waals surface area contributed by atoms with E-state index in [0.717, 1.165) is 42.6 Å². The Labute approximate surface area is 159 Å². The van der Waals surface area contributed by atoms with Gasteiger partial charge in [-0.05, 0) is 61.1 Å². The van der Waals surface area contributed by atoms with Crippen LogP contribution in [0.3, 0.4) is 0 Å². The van der Waals surface area contributed by atoms with E-state index in [1.54, 1.807) is 19.2 Å². The van der Waals surface area contributed by atoms with Crippen molar-refractivity contribution in [1.82, 2.24) is 5.32 Å². The monoisotopic (exact) mass is 364 g/mol. The first-order chi connectivity index (χ1) is 13.1. The fourth-order valence-electron chi connectivity index (χ4n) is 3.73. The number of rotatable bonds is 6. The lowest BCUT2D eigenvalue weighted by Crippen LogP contribution is -2.39. The van der Waals surface area contributed by atoms with Gasteiger partial charge in [0.25, 0.3) is 0 Å². The van der Waals surface area contributed by atoms with Gasteiger partial charge in [-0.2, -0.15) is 5.26 Å². The molecule has 0 aromatic heterocycles. The molecule has 0 heterocycles. The highest BCUT2D eigenvalue weighted by Crippen LogP contribution is 2.40. The molecule has 2 aromatic carbocycles. The van der Waals surface area contributed by atoms with Gasteiger partial charge >= 0.3 is 5.97 Å². The molecule has 2 N–H and O–H groups in total. The van der Waals surface area contributed by atoms with Crippen LogP contribution in [-0.2, 0) is 12.0 Å². The quantitative estimate of drug-likeness (QED) is 0.813. The van der Waals surface area contributed by atoms with Gasteiger partial charge in [0, 0.05) is 12.6 Å². The second kappa shape index (κ2) is 8.24. The van der Waals surface area contributed by atoms with Crippen LogP contribution in [0.15, 0.2) is 48.5 Å². The first-order valence-electron chi connectivity index (χ1n) is 9.18. The molecule has 0 amide bonds. The van der Waals surface area contributed by atoms with Gasteiger partial charge in [0.05, 0.1) is 24.2 Å². The molecule has 3 rings (SSSR count). The number of hydrogen-bond donors (Lipinski definition) is 2. The van der Waals surface area contributed by atoms with Crippen LogP contribution < -0.4 is 10.1 Å². The number of hydrogen-bond acceptors (Lipinski definition) is 4. The van der Waals surface area contributed by atoms with E-state index in [1.165, 1.54) is 0 Å². The van der Waals surface area contributed by atoms with E-state index in [4.69, 9.17) is 9.84 Å². The Balaban J connectivity index is 1.59. The topological polar surface area (TPSA) is 82.3 Å². The molecule has 0 saturated heterocycles. The summed E-state index contributed by atoms with van der Waals surface area (Å²) in [4.78, 5) is 10.9. The summed E-state index contributed by atoms with van der Waals surface area (Å²) in [5.41, 5.74) is 1.95. The van der Waals surface area contributed by atoms with Gasteiger partial charge in [0.2, 0.25) is 0 Å². The van der Waals surface area contributed by atoms with Gasteiger partial charge in [-0.25, -0.2) is 4.79 Å². The Morgan fingerprint density at radius 2 is 1.96 bits per heavy atom. The molecule has 5 heteroatoms. The predicted molar refractivity (Wildman–Crippen MR) is 103 cm³/mol. The fraction of sp³-hybridized carbons (Fsp3) is 0.364. The number of nitrogens with one attached hydrogen (secondary N) is 1. The number of methoxy groups -OCH3 is 1. The normalized spacial score (nSPS) is 22.0. The molecule has 140 valence electrons. The fourth-order valence-corrected chi connectivity index (χ4v) is 3.73. The molecule has 0 bridgehead atoms. The van der Waals surface area contributed by atoms with Crippen molar-refractivity contribution in [3.63, 3.8) is 0 Å². The molecule has 1 fully saturated rings. The van der Waals surface area contributed by atoms with Crippen molar-refractivity contribution in [3.8, 4) is 11.8 Å². The van der Waals surface area contributed by atoms with Gasteiger partial charge in [0.1, 0.15) is 5.75 Å². The van der Waals surface area contributed by atoms with Crippen molar-refractivity contribution in [1.29, 1.82) is 5.26 Å². The summed E-state index contributed by atoms with van der Waals surface area (Å²) < 4.78 is 5.31. The first-order valence-corrected chi connectivity index (χ1v) is 9.18. The van der Waals surface area contributed by atoms with Crippen LogP contribution >= 0.6 is 0 Å². The van der Waals surface area contributed by atoms with Crippen LogP contribution in [0.4, 0.5) is 0 Å². The summed E-state index contributed by atoms with van der Waals surface area (Å²) in [6, 6.07) is 17.7. The number of carboxylic acids is 1. The maximum absolute atomic E-state index is 10.9. The zero-order chi connectivity index (χ0) is 19.3. The predicted octanol–water partition coefficient (Wildman–Crippen LogP) is 3.89. The second-order valence-electron chi connectivity index (χ2n) is 7.08. The smallest absolute Gasteiger partial charge is 0.335 e. The molecule has 1 saturated carbocycles. The average Bonchev–Trinajstić information content (AvgIpc) is 2.73. The van der Waals surface area contributed by atoms with Crippen molar-refractivity contribution in [2.45, 2.75) is 43.7 Å². The summed E-state index contributed by atoms with van der Waals surface area (Å²) in [6.45, 7) is 0.698. The number of aromatic carboxylic acids is 1. The number of ether oxygens (including phenoxy) is 1. The minimum Gasteiger partial charge on any atom is -0.497 e. The van der Waals surface area contributed by atoms with Crippen molar-refractivity contribution >= 4 is 5.97 Å². The number of nitrogens with zero attached hydrogens (tertiary/aromatic N) is 1. The molecule has 0 radical (unpaired) electrons. The van der Waals surface area contributed by atoms with Gasteiger partial charge in [-0.3, -0.25) is 0 Å². The zero-order valence-electron chi connectivity index (χ0n) is 15.4. The van der Waals surface area contributed by atoms with E-state index >= 15 is 0 Å². The van der Waals surface area contributed by atoms with Crippen molar-refractivity contribution in [2.24, 2.45) is 0 Å². The van der Waals surface area contributed by atoms with Crippen LogP contribution in [0.5, 0.6) is 5.75 Å². The summed E-state index contributed by atoms with van der Waals surface area (Å²) >= 11 is 0. The molecule has 0 atom stereocenters. The number of benzene rings is 2. The molecular formula is C22H24N2O3. The van der Waals surface area contributed by atoms with E-state index in [9.17, 15) is 10.1 Å². The Hall–Kier alpha value is -2.84. The van der Waals surface area contributed by atoms with Crippen LogP contribution in [0, 0.1) is 11.3 Å². The van der Waals surface area contributed by atoms with Gasteiger partial charge < -0.3 is 15.2 Å². The Morgan fingerprint density at radius 1 is 1.26 bits per heavy atom. The molecular weight excluding hydrogens is 340 g/mol. The SMILES string of the molecule is COc1cccc([C@]2(C#N)CC[C@H](NCc3ccc(C(=O)O)cc3)CC2)c1. The lowest BCUT2D eigenvalue weighted by molar-refractivity contribution is 0.0697. The summed E-state index contributed by atoms with van der Waals surface area (Å²) in [5.74, 6) is -0.126. The van der Waals surface area contributed by atoms with E-state index in [2.05, 4.69) is 11.4 Å². The standard InChI is InChI=1S/C22H24N2O3/c1-27-20-4-2-3-18(13-20)22(15-23)11-9-19(10-12-22)24-14-16-5-7-17(8-6-16)21(25)26/h2-8,13,19,24H,9-12,14H2,1H3,(H,25,26)/t19-,22+. The summed E-state index contributed by atoms with van der Waals surface area (Å²) in [6.07, 6.45) is 3.48. The summed E-state index contributed by atoms with van der Waals surface area (Å²) in [5, 5.41) is 22.4. The van der Waals surface area contributed by atoms with E-state index < -0.39 is 11.4 Å². The van der Waals surface area contributed by atoms with Gasteiger partial charge in [0.15, 0.2) is 0 Å². The zero-order valence-corrected chi connectivity index (χ0v) is 15.4. The number of carbonyl (C=O) groups is 1. The highest BCUT2D eigenvalue weighted by molar-refractivity contribution is 5.87. The van der Waals surface area contributed by atoms with Crippen molar-refractivity contribution in [3.05, 3.63) is 65.2 Å². The molecule has 1 aliphatic carbocycles. The lowest BCUT2D eigenvalue weighted by atomic mass is 9.69. The molecule has 2 aromatic rings. The van der Waals surface area contributed by atoms with Crippen LogP contribution in [0.1, 0.15) is 47.2 Å². The van der Waals surface area contributed by atoms with Crippen LogP contribution in [0.25, 0.3) is 0 Å². The molecule has 0 spiro atoms. The third-order valence-corrected chi connectivity index (χ3v) is 5.47. The Kier molecular flexibility index (Phi) is 5.78. The van der Waals surface area contributed by atoms with Crippen molar-refractivity contribution < 1.29 is 14.6 Å². The molecule has 0 aliphatic heterocycles. The van der Waals surface area contributed by atoms with Crippen LogP contribution in [-0.4, -0.2) is 24.2 Å². The molecule has 1 aliphatic rings. The maximum Gasteiger partial charge on any atom is 0.335 e. The van der Waals surface area contributed by atoms with Gasteiger partial charge in [-0.1, -0.05) is 24.3 Å². The minimum atomic E-state index is -0.910. The van der Waals surface area contributed by atoms with Gasteiger partial charge in [-0.15, -0.1) is 0 Å². The highest BCUT2D eigenvalue weighted by atomic mass is 16.5. The Bertz CT molecular complexity index is 831. The first kappa shape index (κ1) is 18.9. The molecule has 0 unspecified atom stereocenters.